The zero-order valence-electron chi connectivity index (χ0n) is 9.59. The van der Waals surface area contributed by atoms with Crippen LogP contribution in [0, 0.1) is 11.8 Å². The molecule has 15 heavy (non-hydrogen) atoms. The molecular formula is C12H22N2O. The Morgan fingerprint density at radius 2 is 1.93 bits per heavy atom. The Labute approximate surface area is 92.0 Å². The minimum Gasteiger partial charge on any atom is -0.338 e. The third-order valence-electron chi connectivity index (χ3n) is 4.00. The van der Waals surface area contributed by atoms with E-state index in [4.69, 9.17) is 0 Å². The van der Waals surface area contributed by atoms with Crippen molar-refractivity contribution >= 4 is 6.03 Å². The van der Waals surface area contributed by atoms with Gasteiger partial charge in [0.25, 0.3) is 0 Å². The van der Waals surface area contributed by atoms with Crippen LogP contribution in [0.2, 0.25) is 0 Å². The lowest BCUT2D eigenvalue weighted by Crippen LogP contribution is -2.46. The van der Waals surface area contributed by atoms with E-state index in [0.717, 1.165) is 25.3 Å². The summed E-state index contributed by atoms with van der Waals surface area (Å²) in [5.41, 5.74) is 0. The molecule has 2 aliphatic rings. The first kappa shape index (κ1) is 10.8. The second-order valence-corrected chi connectivity index (χ2v) is 5.15. The van der Waals surface area contributed by atoms with Gasteiger partial charge in [0.1, 0.15) is 0 Å². The average molecular weight is 210 g/mol. The number of rotatable bonds is 3. The lowest BCUT2D eigenvalue weighted by atomic mass is 9.93. The van der Waals surface area contributed by atoms with Crippen LogP contribution in [0.1, 0.15) is 45.4 Å². The second kappa shape index (κ2) is 4.86. The number of urea groups is 1. The van der Waals surface area contributed by atoms with Gasteiger partial charge in [-0.1, -0.05) is 19.8 Å². The molecule has 2 aliphatic carbocycles. The Morgan fingerprint density at radius 1 is 1.20 bits per heavy atom. The van der Waals surface area contributed by atoms with Crippen LogP contribution in [0.5, 0.6) is 0 Å². The first-order valence-corrected chi connectivity index (χ1v) is 6.30. The maximum absolute atomic E-state index is 11.5. The first-order chi connectivity index (χ1) is 7.25. The van der Waals surface area contributed by atoms with Gasteiger partial charge in [0.05, 0.1) is 0 Å². The smallest absolute Gasteiger partial charge is 0.315 e. The van der Waals surface area contributed by atoms with Crippen molar-refractivity contribution in [2.75, 3.05) is 6.54 Å². The van der Waals surface area contributed by atoms with Gasteiger partial charge in [0, 0.05) is 12.6 Å². The van der Waals surface area contributed by atoms with E-state index in [2.05, 4.69) is 17.6 Å². The Balaban J connectivity index is 1.61. The van der Waals surface area contributed by atoms with E-state index in [1.807, 2.05) is 0 Å². The molecule has 2 amide bonds. The van der Waals surface area contributed by atoms with Gasteiger partial charge in [-0.25, -0.2) is 4.79 Å². The second-order valence-electron chi connectivity index (χ2n) is 5.15. The third-order valence-corrected chi connectivity index (χ3v) is 4.00. The topological polar surface area (TPSA) is 41.1 Å². The Hall–Kier alpha value is -0.730. The number of nitrogens with one attached hydrogen (secondary N) is 2. The van der Waals surface area contributed by atoms with Crippen LogP contribution in [0.3, 0.4) is 0 Å². The van der Waals surface area contributed by atoms with Crippen LogP contribution < -0.4 is 10.6 Å². The summed E-state index contributed by atoms with van der Waals surface area (Å²) < 4.78 is 0. The summed E-state index contributed by atoms with van der Waals surface area (Å²) in [6.45, 7) is 3.16. The van der Waals surface area contributed by atoms with Crippen molar-refractivity contribution in [3.63, 3.8) is 0 Å². The largest absolute Gasteiger partial charge is 0.338 e. The molecule has 0 aromatic carbocycles. The maximum atomic E-state index is 11.5. The van der Waals surface area contributed by atoms with Gasteiger partial charge < -0.3 is 10.6 Å². The normalized spacial score (nSPS) is 31.0. The molecule has 2 fully saturated rings. The minimum absolute atomic E-state index is 0.0406. The standard InChI is InChI=1S/C12H22N2O/c1-9-4-2-5-10(9)8-13-12(15)14-11-6-3-7-11/h9-11H,2-8H2,1H3,(H2,13,14,15). The summed E-state index contributed by atoms with van der Waals surface area (Å²) in [6.07, 6.45) is 7.53. The van der Waals surface area contributed by atoms with E-state index < -0.39 is 0 Å². The molecule has 2 N–H and O–H groups in total. The zero-order valence-corrected chi connectivity index (χ0v) is 9.59. The predicted molar refractivity (Wildman–Crippen MR) is 60.7 cm³/mol. The summed E-state index contributed by atoms with van der Waals surface area (Å²) in [6, 6.07) is 0.491. The molecule has 0 spiro atoms. The quantitative estimate of drug-likeness (QED) is 0.737. The zero-order chi connectivity index (χ0) is 10.7. The van der Waals surface area contributed by atoms with Crippen molar-refractivity contribution in [3.05, 3.63) is 0 Å². The molecule has 0 aromatic heterocycles. The van der Waals surface area contributed by atoms with Crippen molar-refractivity contribution in [2.45, 2.75) is 51.5 Å². The van der Waals surface area contributed by atoms with Crippen molar-refractivity contribution in [1.29, 1.82) is 0 Å². The van der Waals surface area contributed by atoms with Crippen molar-refractivity contribution in [2.24, 2.45) is 11.8 Å². The summed E-state index contributed by atoms with van der Waals surface area (Å²) in [5.74, 6) is 1.49. The Kier molecular flexibility index (Phi) is 3.49. The summed E-state index contributed by atoms with van der Waals surface area (Å²) >= 11 is 0. The fraction of sp³-hybridized carbons (Fsp3) is 0.917. The SMILES string of the molecule is CC1CCCC1CNC(=O)NC1CCC1. The molecule has 0 heterocycles. The van der Waals surface area contributed by atoms with Gasteiger partial charge in [-0.3, -0.25) is 0 Å². The van der Waals surface area contributed by atoms with Crippen LogP contribution in [0.4, 0.5) is 4.79 Å². The maximum Gasteiger partial charge on any atom is 0.315 e. The number of carbonyl (C=O) groups is 1. The Morgan fingerprint density at radius 3 is 2.47 bits per heavy atom. The van der Waals surface area contributed by atoms with Crippen LogP contribution in [0.25, 0.3) is 0 Å². The van der Waals surface area contributed by atoms with Crippen LogP contribution >= 0.6 is 0 Å². The van der Waals surface area contributed by atoms with E-state index in [1.165, 1.54) is 25.7 Å². The molecule has 2 unspecified atom stereocenters. The number of hydrogen-bond acceptors (Lipinski definition) is 1. The third kappa shape index (κ3) is 2.86. The molecule has 2 rings (SSSR count). The fourth-order valence-electron chi connectivity index (χ4n) is 2.54. The lowest BCUT2D eigenvalue weighted by molar-refractivity contribution is 0.225. The molecule has 0 bridgehead atoms. The monoisotopic (exact) mass is 210 g/mol. The van der Waals surface area contributed by atoms with Crippen LogP contribution in [-0.4, -0.2) is 18.6 Å². The van der Waals surface area contributed by atoms with E-state index >= 15 is 0 Å². The number of hydrogen-bond donors (Lipinski definition) is 2. The molecule has 86 valence electrons. The van der Waals surface area contributed by atoms with Crippen molar-refractivity contribution in [1.82, 2.24) is 10.6 Å². The lowest BCUT2D eigenvalue weighted by Gasteiger charge is -2.27. The minimum atomic E-state index is 0.0406. The predicted octanol–water partition coefficient (Wildman–Crippen LogP) is 2.27. The molecule has 3 nitrogen and oxygen atoms in total. The van der Waals surface area contributed by atoms with E-state index in [0.29, 0.717) is 12.0 Å². The van der Waals surface area contributed by atoms with Crippen LogP contribution in [-0.2, 0) is 0 Å². The summed E-state index contributed by atoms with van der Waals surface area (Å²) in [5, 5.41) is 6.01. The molecule has 2 atom stereocenters. The first-order valence-electron chi connectivity index (χ1n) is 6.30. The van der Waals surface area contributed by atoms with Crippen molar-refractivity contribution in [3.8, 4) is 0 Å². The number of amides is 2. The van der Waals surface area contributed by atoms with E-state index in [-0.39, 0.29) is 6.03 Å². The molecule has 0 saturated heterocycles. The molecule has 0 radical (unpaired) electrons. The highest BCUT2D eigenvalue weighted by atomic mass is 16.2. The highest BCUT2D eigenvalue weighted by molar-refractivity contribution is 5.74. The molecule has 0 aliphatic heterocycles. The van der Waals surface area contributed by atoms with Gasteiger partial charge in [0.15, 0.2) is 0 Å². The molecule has 2 saturated carbocycles. The molecule has 3 heteroatoms. The highest BCUT2D eigenvalue weighted by Gasteiger charge is 2.24. The fourth-order valence-corrected chi connectivity index (χ4v) is 2.54. The Bertz CT molecular complexity index is 226. The summed E-state index contributed by atoms with van der Waals surface area (Å²) in [7, 11) is 0. The van der Waals surface area contributed by atoms with E-state index in [9.17, 15) is 4.79 Å². The van der Waals surface area contributed by atoms with Gasteiger partial charge in [0.2, 0.25) is 0 Å². The van der Waals surface area contributed by atoms with E-state index in [1.54, 1.807) is 0 Å². The van der Waals surface area contributed by atoms with Gasteiger partial charge in [-0.15, -0.1) is 0 Å². The van der Waals surface area contributed by atoms with Crippen LogP contribution in [0.15, 0.2) is 0 Å². The molecular weight excluding hydrogens is 188 g/mol. The number of carbonyl (C=O) groups excluding carboxylic acids is 1. The van der Waals surface area contributed by atoms with Gasteiger partial charge in [-0.2, -0.15) is 0 Å². The molecule has 0 aromatic rings. The van der Waals surface area contributed by atoms with Gasteiger partial charge >= 0.3 is 6.03 Å². The van der Waals surface area contributed by atoms with Gasteiger partial charge in [-0.05, 0) is 37.5 Å². The average Bonchev–Trinajstić information content (AvgIpc) is 2.55. The van der Waals surface area contributed by atoms with Crippen molar-refractivity contribution < 1.29 is 4.79 Å². The highest BCUT2D eigenvalue weighted by Crippen LogP contribution is 2.30. The summed E-state index contributed by atoms with van der Waals surface area (Å²) in [4.78, 5) is 11.5.